The van der Waals surface area contributed by atoms with Gasteiger partial charge in [0.05, 0.1) is 11.4 Å². The number of nitrogens with zero attached hydrogens (tertiary/aromatic N) is 6. The lowest BCUT2D eigenvalue weighted by molar-refractivity contribution is 0.332. The smallest absolute Gasteiger partial charge is 0.254 e. The predicted molar refractivity (Wildman–Crippen MR) is 390 cm³/mol. The third-order valence-corrected chi connectivity index (χ3v) is 22.5. The van der Waals surface area contributed by atoms with Crippen LogP contribution >= 0.6 is 0 Å². The van der Waals surface area contributed by atoms with E-state index in [4.69, 9.17) is 9.97 Å². The van der Waals surface area contributed by atoms with Crippen LogP contribution in [-0.4, -0.2) is 23.4 Å². The molecule has 0 amide bonds. The van der Waals surface area contributed by atoms with Crippen LogP contribution in [0.2, 0.25) is 0 Å². The molecule has 11 aromatic rings. The number of hydrogen-bond acceptors (Lipinski definition) is 6. The van der Waals surface area contributed by atoms with E-state index in [0.717, 1.165) is 82.8 Å². The molecule has 6 nitrogen and oxygen atoms in total. The van der Waals surface area contributed by atoms with Crippen molar-refractivity contribution in [1.29, 1.82) is 0 Å². The average molecular weight is 1190 g/mol. The van der Waals surface area contributed by atoms with E-state index in [9.17, 15) is 0 Å². The zero-order valence-electron chi connectivity index (χ0n) is 55.3. The zero-order chi connectivity index (χ0) is 63.1. The normalized spacial score (nSPS) is 17.0. The number of rotatable bonds is 6. The highest BCUT2D eigenvalue weighted by Crippen LogP contribution is 2.54. The lowest BCUT2D eigenvalue weighted by Gasteiger charge is -2.47. The van der Waals surface area contributed by atoms with Crippen molar-refractivity contribution in [2.24, 2.45) is 0 Å². The van der Waals surface area contributed by atoms with E-state index in [1.165, 1.54) is 111 Å². The van der Waals surface area contributed by atoms with Crippen molar-refractivity contribution in [3.05, 3.63) is 251 Å². The molecule has 6 aliphatic rings. The Morgan fingerprint density at radius 1 is 0.293 bits per heavy atom. The third kappa shape index (κ3) is 8.27. The number of para-hydroxylation sites is 4. The Bertz CT molecular complexity index is 4580. The first-order valence-corrected chi connectivity index (χ1v) is 33.5. The summed E-state index contributed by atoms with van der Waals surface area (Å²) < 4.78 is 0. The molecule has 0 N–H and O–H groups in total. The standard InChI is InChI=1S/C84H78B2N6/c1-51-25-23-26-52(2)75(51)67-48-73-77-79(87-67)91(55-29-15-13-16-30-55)71-50-72-66(47-65(71)85(77)63-33-19-21-35-69(63)89(73)57-37-39-59-61(45-57)83(9,10)43-41-81(59,5)6)86-64-34-20-22-36-70(64)90(58-38-40-60-62(46-58)84(11,12)44-42-82(60,7)8)74-49-68(76-53(3)27-24-28-54(76)4)88-80(78(74)86)92(72)56-31-17-14-18-32-56/h13-40,45-50H,41-44H2,1-12H3. The Morgan fingerprint density at radius 3 is 1.04 bits per heavy atom. The quantitative estimate of drug-likeness (QED) is 0.155. The van der Waals surface area contributed by atoms with Crippen molar-refractivity contribution in [3.63, 3.8) is 0 Å². The maximum Gasteiger partial charge on any atom is 0.254 e. The molecule has 0 atom stereocenters. The number of benzene rings is 9. The van der Waals surface area contributed by atoms with E-state index in [-0.39, 0.29) is 35.1 Å². The fourth-order valence-electron chi connectivity index (χ4n) is 17.5. The highest BCUT2D eigenvalue weighted by molar-refractivity contribution is 7.03. The van der Waals surface area contributed by atoms with Crippen LogP contribution in [0.25, 0.3) is 22.5 Å². The Hall–Kier alpha value is -9.39. The summed E-state index contributed by atoms with van der Waals surface area (Å²) in [6.07, 6.45) is 4.59. The fraction of sp³-hybridized carbons (Fsp3) is 0.238. The molecule has 8 heteroatoms. The molecule has 92 heavy (non-hydrogen) atoms. The van der Waals surface area contributed by atoms with E-state index in [0.29, 0.717) is 0 Å². The molecule has 0 fully saturated rings. The van der Waals surface area contributed by atoms with Gasteiger partial charge in [-0.25, -0.2) is 9.97 Å². The van der Waals surface area contributed by atoms with Crippen LogP contribution in [-0.2, 0) is 21.7 Å². The van der Waals surface area contributed by atoms with Crippen LogP contribution in [0.1, 0.15) is 126 Å². The molecule has 0 saturated carbocycles. The summed E-state index contributed by atoms with van der Waals surface area (Å²) in [6.45, 7) is 28.1. The minimum Gasteiger partial charge on any atom is -0.311 e. The fourth-order valence-corrected chi connectivity index (χ4v) is 17.5. The van der Waals surface area contributed by atoms with E-state index < -0.39 is 0 Å². The molecule has 0 unspecified atom stereocenters. The largest absolute Gasteiger partial charge is 0.311 e. The van der Waals surface area contributed by atoms with Gasteiger partial charge in [-0.2, -0.15) is 0 Å². The second kappa shape index (κ2) is 20.1. The predicted octanol–water partition coefficient (Wildman–Crippen LogP) is 17.9. The second-order valence-corrected chi connectivity index (χ2v) is 30.0. The van der Waals surface area contributed by atoms with Crippen molar-refractivity contribution in [2.75, 3.05) is 19.6 Å². The highest BCUT2D eigenvalue weighted by atomic mass is 15.3. The van der Waals surface area contributed by atoms with Crippen molar-refractivity contribution in [2.45, 2.75) is 130 Å². The Balaban J connectivity index is 0.982. The minimum atomic E-state index is -0.186. The SMILES string of the molecule is Cc1cccc(C)c1-c1cc2c3c(n1)N(c1ccccc1)c1cc4c(cc1B3c1ccccc1N2c1ccc2c(c1)C(C)(C)CCC2(C)C)B1c2ccccc2N(c2ccc3c(c2)C(C)(C)CCC3(C)C)c2cc(-c3c(C)cccc3C)nc(c21)N4c1ccccc1. The molecule has 4 aliphatic heterocycles. The molecule has 0 spiro atoms. The van der Waals surface area contributed by atoms with Gasteiger partial charge in [0.2, 0.25) is 0 Å². The van der Waals surface area contributed by atoms with E-state index in [2.05, 4.69) is 309 Å². The van der Waals surface area contributed by atoms with Gasteiger partial charge in [-0.05, 0) is 231 Å². The lowest BCUT2D eigenvalue weighted by Crippen LogP contribution is -2.65. The number of aryl methyl sites for hydroxylation is 4. The van der Waals surface area contributed by atoms with Crippen molar-refractivity contribution < 1.29 is 0 Å². The van der Waals surface area contributed by atoms with Crippen LogP contribution in [0.15, 0.2) is 206 Å². The van der Waals surface area contributed by atoms with Gasteiger partial charge in [0.15, 0.2) is 0 Å². The van der Waals surface area contributed by atoms with Gasteiger partial charge < -0.3 is 9.80 Å². The molecule has 0 saturated heterocycles. The van der Waals surface area contributed by atoms with Gasteiger partial charge in [0.1, 0.15) is 11.6 Å². The molecule has 17 rings (SSSR count). The van der Waals surface area contributed by atoms with Crippen LogP contribution in [0.5, 0.6) is 0 Å². The third-order valence-electron chi connectivity index (χ3n) is 22.5. The molecule has 0 radical (unpaired) electrons. The summed E-state index contributed by atoms with van der Waals surface area (Å²) in [6, 6.07) is 78.9. The molecular formula is C84H78B2N6. The monoisotopic (exact) mass is 1190 g/mol. The maximum absolute atomic E-state index is 6.09. The second-order valence-electron chi connectivity index (χ2n) is 30.0. The molecule has 2 aliphatic carbocycles. The number of pyridine rings is 2. The first-order chi connectivity index (χ1) is 44.3. The zero-order valence-corrected chi connectivity index (χ0v) is 55.3. The topological polar surface area (TPSA) is 38.7 Å². The van der Waals surface area contributed by atoms with E-state index in [1.807, 2.05) is 0 Å². The van der Waals surface area contributed by atoms with E-state index in [1.54, 1.807) is 0 Å². The van der Waals surface area contributed by atoms with E-state index >= 15 is 0 Å². The summed E-state index contributed by atoms with van der Waals surface area (Å²) >= 11 is 0. The minimum absolute atomic E-state index is 0.00793. The number of fused-ring (bicyclic) bond motifs is 10. The Labute approximate surface area is 544 Å². The first kappa shape index (κ1) is 56.6. The summed E-state index contributed by atoms with van der Waals surface area (Å²) in [5.41, 5.74) is 33.8. The van der Waals surface area contributed by atoms with Gasteiger partial charge in [0, 0.05) is 68.0 Å². The average Bonchev–Trinajstić information content (AvgIpc) is 0.686. The molecule has 2 aromatic heterocycles. The summed E-state index contributed by atoms with van der Waals surface area (Å²) in [7, 11) is 0. The van der Waals surface area contributed by atoms with Crippen molar-refractivity contribution in [1.82, 2.24) is 9.97 Å². The molecular weight excluding hydrogens is 1110 g/mol. The van der Waals surface area contributed by atoms with Crippen LogP contribution in [0.4, 0.5) is 68.5 Å². The molecule has 6 heterocycles. The van der Waals surface area contributed by atoms with Gasteiger partial charge >= 0.3 is 0 Å². The lowest BCUT2D eigenvalue weighted by atomic mass is 9.30. The van der Waals surface area contributed by atoms with Crippen LogP contribution in [0, 0.1) is 27.7 Å². The highest BCUT2D eigenvalue weighted by Gasteiger charge is 2.50. The Kier molecular flexibility index (Phi) is 12.3. The summed E-state index contributed by atoms with van der Waals surface area (Å²) in [4.78, 5) is 22.4. The van der Waals surface area contributed by atoms with Gasteiger partial charge in [-0.1, -0.05) is 183 Å². The van der Waals surface area contributed by atoms with Crippen molar-refractivity contribution >= 4 is 115 Å². The number of anilines is 12. The van der Waals surface area contributed by atoms with Gasteiger partial charge in [-0.15, -0.1) is 0 Å². The number of aromatic nitrogens is 2. The van der Waals surface area contributed by atoms with Crippen LogP contribution in [0.3, 0.4) is 0 Å². The molecule has 9 aromatic carbocycles. The Morgan fingerprint density at radius 2 is 0.652 bits per heavy atom. The van der Waals surface area contributed by atoms with Gasteiger partial charge in [0.25, 0.3) is 13.4 Å². The number of hydrogen-bond donors (Lipinski definition) is 0. The maximum atomic E-state index is 6.09. The van der Waals surface area contributed by atoms with Crippen LogP contribution < -0.4 is 52.4 Å². The molecule has 450 valence electrons. The summed E-state index contributed by atoms with van der Waals surface area (Å²) in [5, 5.41) is 0. The van der Waals surface area contributed by atoms with Gasteiger partial charge in [-0.3, -0.25) is 9.80 Å². The van der Waals surface area contributed by atoms with Crippen molar-refractivity contribution in [3.8, 4) is 22.5 Å². The summed E-state index contributed by atoms with van der Waals surface area (Å²) in [5.74, 6) is 1.89. The first-order valence-electron chi connectivity index (χ1n) is 33.5. The molecule has 0 bridgehead atoms.